The van der Waals surface area contributed by atoms with E-state index in [0.717, 1.165) is 30.5 Å². The highest BCUT2D eigenvalue weighted by atomic mass is 35.5. The van der Waals surface area contributed by atoms with Crippen molar-refractivity contribution >= 4 is 22.9 Å². The molecule has 2 heterocycles. The van der Waals surface area contributed by atoms with Crippen molar-refractivity contribution < 1.29 is 4.74 Å². The number of rotatable bonds is 7. The van der Waals surface area contributed by atoms with Crippen LogP contribution in [0.1, 0.15) is 31.6 Å². The number of nitrogens with zero attached hydrogens (tertiary/aromatic N) is 1. The molecule has 5 heteroatoms. The van der Waals surface area contributed by atoms with Gasteiger partial charge in [-0.2, -0.15) is 0 Å². The van der Waals surface area contributed by atoms with E-state index < -0.39 is 0 Å². The summed E-state index contributed by atoms with van der Waals surface area (Å²) in [6.45, 7) is 9.67. The minimum Gasteiger partial charge on any atom is -0.373 e. The molecule has 1 aromatic rings. The standard InChI is InChI=1S/C15H25ClN2OS/c1-12-10-18(11-13(2)19-12)8-4-3-7-17-9-14-5-6-15(16)20-14/h5-6,12-13,17H,3-4,7-11H2,1-2H3. The summed E-state index contributed by atoms with van der Waals surface area (Å²) in [6, 6.07) is 4.06. The predicted molar refractivity (Wildman–Crippen MR) is 86.7 cm³/mol. The third kappa shape index (κ3) is 5.70. The van der Waals surface area contributed by atoms with Gasteiger partial charge >= 0.3 is 0 Å². The average Bonchev–Trinajstić information content (AvgIpc) is 2.78. The predicted octanol–water partition coefficient (Wildman–Crippen LogP) is 3.38. The van der Waals surface area contributed by atoms with Crippen molar-refractivity contribution in [2.24, 2.45) is 0 Å². The molecule has 0 amide bonds. The summed E-state index contributed by atoms with van der Waals surface area (Å²) < 4.78 is 6.62. The fourth-order valence-electron chi connectivity index (χ4n) is 2.71. The monoisotopic (exact) mass is 316 g/mol. The highest BCUT2D eigenvalue weighted by Crippen LogP contribution is 2.20. The van der Waals surface area contributed by atoms with Gasteiger partial charge in [-0.05, 0) is 51.9 Å². The highest BCUT2D eigenvalue weighted by molar-refractivity contribution is 7.16. The van der Waals surface area contributed by atoms with Crippen molar-refractivity contribution in [3.63, 3.8) is 0 Å². The lowest BCUT2D eigenvalue weighted by molar-refractivity contribution is -0.0681. The van der Waals surface area contributed by atoms with Gasteiger partial charge in [-0.15, -0.1) is 11.3 Å². The zero-order chi connectivity index (χ0) is 14.4. The largest absolute Gasteiger partial charge is 0.373 e. The average molecular weight is 317 g/mol. The van der Waals surface area contributed by atoms with E-state index in [-0.39, 0.29) is 0 Å². The molecule has 20 heavy (non-hydrogen) atoms. The van der Waals surface area contributed by atoms with E-state index in [1.54, 1.807) is 11.3 Å². The minimum absolute atomic E-state index is 0.375. The van der Waals surface area contributed by atoms with Crippen LogP contribution in [0.5, 0.6) is 0 Å². The number of hydrogen-bond donors (Lipinski definition) is 1. The lowest BCUT2D eigenvalue weighted by Gasteiger charge is -2.35. The summed E-state index contributed by atoms with van der Waals surface area (Å²) in [7, 11) is 0. The maximum absolute atomic E-state index is 5.91. The molecule has 1 aliphatic rings. The molecule has 0 spiro atoms. The first-order valence-electron chi connectivity index (χ1n) is 7.46. The summed E-state index contributed by atoms with van der Waals surface area (Å²) in [5.41, 5.74) is 0. The van der Waals surface area contributed by atoms with E-state index in [1.807, 2.05) is 6.07 Å². The van der Waals surface area contributed by atoms with Crippen LogP contribution in [0.2, 0.25) is 4.34 Å². The molecule has 3 nitrogen and oxygen atoms in total. The number of thiophene rings is 1. The Morgan fingerprint density at radius 3 is 2.70 bits per heavy atom. The van der Waals surface area contributed by atoms with Crippen molar-refractivity contribution in [2.45, 2.75) is 45.4 Å². The Kier molecular flexibility index (Phi) is 6.78. The lowest BCUT2D eigenvalue weighted by atomic mass is 10.2. The Bertz CT molecular complexity index is 389. The van der Waals surface area contributed by atoms with Crippen LogP contribution in [0.15, 0.2) is 12.1 Å². The number of hydrogen-bond acceptors (Lipinski definition) is 4. The quantitative estimate of drug-likeness (QED) is 0.780. The molecule has 1 saturated heterocycles. The SMILES string of the molecule is CC1CN(CCCCNCc2ccc(Cl)s2)CC(C)O1. The molecule has 2 rings (SSSR count). The van der Waals surface area contributed by atoms with Crippen LogP contribution in [-0.4, -0.2) is 43.3 Å². The maximum atomic E-state index is 5.91. The van der Waals surface area contributed by atoms with Gasteiger partial charge in [0.05, 0.1) is 16.5 Å². The van der Waals surface area contributed by atoms with Gasteiger partial charge in [-0.3, -0.25) is 4.90 Å². The third-order valence-electron chi connectivity index (χ3n) is 3.50. The Morgan fingerprint density at radius 1 is 1.30 bits per heavy atom. The summed E-state index contributed by atoms with van der Waals surface area (Å²) >= 11 is 7.56. The van der Waals surface area contributed by atoms with E-state index in [0.29, 0.717) is 12.2 Å². The van der Waals surface area contributed by atoms with Crippen LogP contribution >= 0.6 is 22.9 Å². The summed E-state index contributed by atoms with van der Waals surface area (Å²) in [6.07, 6.45) is 3.22. The van der Waals surface area contributed by atoms with Gasteiger partial charge in [0.25, 0.3) is 0 Å². The first-order chi connectivity index (χ1) is 9.63. The van der Waals surface area contributed by atoms with Crippen LogP contribution in [-0.2, 0) is 11.3 Å². The van der Waals surface area contributed by atoms with E-state index >= 15 is 0 Å². The normalized spacial score (nSPS) is 24.1. The van der Waals surface area contributed by atoms with Gasteiger partial charge < -0.3 is 10.1 Å². The second kappa shape index (κ2) is 8.35. The van der Waals surface area contributed by atoms with Gasteiger partial charge in [0, 0.05) is 24.5 Å². The highest BCUT2D eigenvalue weighted by Gasteiger charge is 2.21. The van der Waals surface area contributed by atoms with E-state index in [1.165, 1.54) is 24.3 Å². The van der Waals surface area contributed by atoms with Gasteiger partial charge in [0.15, 0.2) is 0 Å². The second-order valence-electron chi connectivity index (χ2n) is 5.61. The molecular formula is C15H25ClN2OS. The smallest absolute Gasteiger partial charge is 0.0931 e. The van der Waals surface area contributed by atoms with Crippen LogP contribution < -0.4 is 5.32 Å². The van der Waals surface area contributed by atoms with Crippen LogP contribution in [0.4, 0.5) is 0 Å². The molecule has 0 aromatic carbocycles. The Hall–Kier alpha value is -0.130. The van der Waals surface area contributed by atoms with E-state index in [4.69, 9.17) is 16.3 Å². The number of halogens is 1. The van der Waals surface area contributed by atoms with E-state index in [9.17, 15) is 0 Å². The molecule has 0 aliphatic carbocycles. The van der Waals surface area contributed by atoms with E-state index in [2.05, 4.69) is 30.1 Å². The fraction of sp³-hybridized carbons (Fsp3) is 0.733. The molecule has 0 saturated carbocycles. The zero-order valence-corrected chi connectivity index (χ0v) is 14.0. The van der Waals surface area contributed by atoms with Crippen molar-refractivity contribution in [1.82, 2.24) is 10.2 Å². The minimum atomic E-state index is 0.375. The molecule has 0 radical (unpaired) electrons. The molecular weight excluding hydrogens is 292 g/mol. The summed E-state index contributed by atoms with van der Waals surface area (Å²) in [4.78, 5) is 3.84. The van der Waals surface area contributed by atoms with Crippen LogP contribution in [0.25, 0.3) is 0 Å². The third-order valence-corrected chi connectivity index (χ3v) is 4.73. The summed E-state index contributed by atoms with van der Waals surface area (Å²) in [5.74, 6) is 0. The van der Waals surface area contributed by atoms with Crippen LogP contribution in [0, 0.1) is 0 Å². The maximum Gasteiger partial charge on any atom is 0.0931 e. The van der Waals surface area contributed by atoms with Crippen molar-refractivity contribution in [3.8, 4) is 0 Å². The number of nitrogens with one attached hydrogen (secondary N) is 1. The second-order valence-corrected chi connectivity index (χ2v) is 7.41. The first-order valence-corrected chi connectivity index (χ1v) is 8.65. The van der Waals surface area contributed by atoms with Crippen molar-refractivity contribution in [3.05, 3.63) is 21.3 Å². The molecule has 1 fully saturated rings. The topological polar surface area (TPSA) is 24.5 Å². The Morgan fingerprint density at radius 2 is 2.05 bits per heavy atom. The molecule has 1 N–H and O–H groups in total. The fourth-order valence-corrected chi connectivity index (χ4v) is 3.77. The molecule has 0 bridgehead atoms. The molecule has 2 unspecified atom stereocenters. The van der Waals surface area contributed by atoms with Gasteiger partial charge in [0.2, 0.25) is 0 Å². The molecule has 1 aliphatic heterocycles. The van der Waals surface area contributed by atoms with Crippen molar-refractivity contribution in [2.75, 3.05) is 26.2 Å². The Labute approximate surface area is 131 Å². The number of unbranched alkanes of at least 4 members (excludes halogenated alkanes) is 1. The van der Waals surface area contributed by atoms with Crippen molar-refractivity contribution in [1.29, 1.82) is 0 Å². The lowest BCUT2D eigenvalue weighted by Crippen LogP contribution is -2.45. The van der Waals surface area contributed by atoms with Crippen LogP contribution in [0.3, 0.4) is 0 Å². The van der Waals surface area contributed by atoms with Gasteiger partial charge in [0.1, 0.15) is 0 Å². The first kappa shape index (κ1) is 16.2. The zero-order valence-electron chi connectivity index (χ0n) is 12.4. The van der Waals surface area contributed by atoms with Gasteiger partial charge in [-0.1, -0.05) is 11.6 Å². The number of morpholine rings is 1. The Balaban J connectivity index is 1.51. The molecule has 2 atom stereocenters. The van der Waals surface area contributed by atoms with Gasteiger partial charge in [-0.25, -0.2) is 0 Å². The molecule has 1 aromatic heterocycles. The summed E-state index contributed by atoms with van der Waals surface area (Å²) in [5, 5.41) is 3.48. The molecule has 114 valence electrons. The number of ether oxygens (including phenoxy) is 1.